The van der Waals surface area contributed by atoms with Crippen molar-refractivity contribution in [1.29, 1.82) is 0 Å². The first kappa shape index (κ1) is 13.5. The Labute approximate surface area is 103 Å². The summed E-state index contributed by atoms with van der Waals surface area (Å²) in [6.07, 6.45) is 0. The van der Waals surface area contributed by atoms with Crippen molar-refractivity contribution in [3.8, 4) is 5.75 Å². The van der Waals surface area contributed by atoms with Crippen molar-refractivity contribution in [3.05, 3.63) is 18.2 Å². The van der Waals surface area contributed by atoms with Gasteiger partial charge in [0, 0.05) is 12.4 Å². The number of carbonyl (C=O) groups is 1. The molecule has 17 heavy (non-hydrogen) atoms. The first-order valence-electron chi connectivity index (χ1n) is 4.24. The standard InChI is InChI=1S/C8H9N3O4S2/c1-15-5-3-2-4-6(17(9,13)14)7(5)10-8(12)11-16/h2-4H,1H3,(H,10,12)(H2,9,13,14). The molecule has 92 valence electrons. The quantitative estimate of drug-likeness (QED) is 0.839. The average molecular weight is 275 g/mol. The maximum absolute atomic E-state index is 11.3. The number of carbonyl (C=O) groups excluding carboxylic acids is 1. The molecule has 7 nitrogen and oxygen atoms in total. The Bertz CT molecular complexity index is 556. The third-order valence-corrected chi connectivity index (χ3v) is 2.95. The van der Waals surface area contributed by atoms with E-state index in [1.54, 1.807) is 0 Å². The number of methoxy groups -OCH3 is 1. The number of urea groups is 1. The summed E-state index contributed by atoms with van der Waals surface area (Å²) in [6.45, 7) is 0. The molecule has 9 heteroatoms. The van der Waals surface area contributed by atoms with Crippen molar-refractivity contribution < 1.29 is 17.9 Å². The zero-order valence-electron chi connectivity index (χ0n) is 8.71. The van der Waals surface area contributed by atoms with Gasteiger partial charge in [-0.3, -0.25) is 0 Å². The van der Waals surface area contributed by atoms with E-state index in [1.807, 2.05) is 0 Å². The van der Waals surface area contributed by atoms with Crippen LogP contribution in [0, 0.1) is 0 Å². The number of nitrogens with zero attached hydrogens (tertiary/aromatic N) is 1. The summed E-state index contributed by atoms with van der Waals surface area (Å²) >= 11 is 4.18. The van der Waals surface area contributed by atoms with E-state index in [1.165, 1.54) is 25.3 Å². The lowest BCUT2D eigenvalue weighted by molar-refractivity contribution is 0.260. The molecule has 0 heterocycles. The molecule has 0 aliphatic carbocycles. The zero-order chi connectivity index (χ0) is 13.1. The molecule has 1 rings (SSSR count). The molecule has 0 saturated heterocycles. The summed E-state index contributed by atoms with van der Waals surface area (Å²) in [6, 6.07) is 3.25. The van der Waals surface area contributed by atoms with E-state index in [0.29, 0.717) is 0 Å². The molecule has 0 unspecified atom stereocenters. The van der Waals surface area contributed by atoms with Crippen molar-refractivity contribution in [2.45, 2.75) is 4.90 Å². The fourth-order valence-corrected chi connectivity index (χ4v) is 1.92. The number of hydrogen-bond donors (Lipinski definition) is 2. The third-order valence-electron chi connectivity index (χ3n) is 1.83. The number of para-hydroxylation sites is 1. The lowest BCUT2D eigenvalue weighted by Crippen LogP contribution is -2.17. The van der Waals surface area contributed by atoms with Crippen molar-refractivity contribution in [2.24, 2.45) is 9.50 Å². The number of ether oxygens (including phenoxy) is 1. The van der Waals surface area contributed by atoms with Gasteiger partial charge in [-0.1, -0.05) is 6.07 Å². The SMILES string of the molecule is COc1cccc(S(N)(=O)=O)c1NC(=O)N=S. The predicted octanol–water partition coefficient (Wildman–Crippen LogP) is 0.605. The first-order chi connectivity index (χ1) is 7.90. The van der Waals surface area contributed by atoms with Crippen LogP contribution < -0.4 is 15.2 Å². The number of nitrogens with one attached hydrogen (secondary N) is 1. The molecule has 0 aliphatic rings. The number of hydrogen-bond acceptors (Lipinski definition) is 5. The van der Waals surface area contributed by atoms with Gasteiger partial charge in [0.2, 0.25) is 10.0 Å². The van der Waals surface area contributed by atoms with Crippen LogP contribution in [0.5, 0.6) is 5.75 Å². The minimum atomic E-state index is -3.99. The number of sulfonamides is 1. The molecular weight excluding hydrogens is 266 g/mol. The van der Waals surface area contributed by atoms with Crippen molar-refractivity contribution >= 4 is 34.2 Å². The lowest BCUT2D eigenvalue weighted by Gasteiger charge is -2.11. The van der Waals surface area contributed by atoms with Gasteiger partial charge in [-0.25, -0.2) is 18.4 Å². The minimum absolute atomic E-state index is 0.0869. The Kier molecular flexibility index (Phi) is 4.10. The zero-order valence-corrected chi connectivity index (χ0v) is 10.3. The molecule has 2 amide bonds. The second kappa shape index (κ2) is 5.17. The topological polar surface area (TPSA) is 111 Å². The summed E-state index contributed by atoms with van der Waals surface area (Å²) in [5.41, 5.74) is -0.0869. The highest BCUT2D eigenvalue weighted by atomic mass is 32.2. The Morgan fingerprint density at radius 3 is 2.65 bits per heavy atom. The molecule has 0 bridgehead atoms. The Morgan fingerprint density at radius 2 is 2.18 bits per heavy atom. The predicted molar refractivity (Wildman–Crippen MR) is 63.2 cm³/mol. The molecule has 1 aromatic carbocycles. The van der Waals surface area contributed by atoms with Crippen LogP contribution in [-0.4, -0.2) is 21.6 Å². The number of benzene rings is 1. The molecule has 0 aromatic heterocycles. The van der Waals surface area contributed by atoms with Gasteiger partial charge in [0.1, 0.15) is 16.3 Å². The Balaban J connectivity index is 3.41. The van der Waals surface area contributed by atoms with Gasteiger partial charge in [0.15, 0.2) is 0 Å². The van der Waals surface area contributed by atoms with Gasteiger partial charge in [-0.05, 0) is 12.1 Å². The van der Waals surface area contributed by atoms with Crippen LogP contribution in [-0.2, 0) is 22.4 Å². The molecule has 0 radical (unpaired) electrons. The van der Waals surface area contributed by atoms with Crippen molar-refractivity contribution in [3.63, 3.8) is 0 Å². The van der Waals surface area contributed by atoms with Crippen LogP contribution >= 0.6 is 0 Å². The van der Waals surface area contributed by atoms with Gasteiger partial charge in [-0.15, -0.1) is 4.36 Å². The minimum Gasteiger partial charge on any atom is -0.495 e. The summed E-state index contributed by atoms with van der Waals surface area (Å²) in [5.74, 6) is 0.142. The molecule has 0 atom stereocenters. The van der Waals surface area contributed by atoms with E-state index in [9.17, 15) is 13.2 Å². The number of anilines is 1. The molecule has 0 spiro atoms. The number of nitrogens with two attached hydrogens (primary N) is 1. The largest absolute Gasteiger partial charge is 0.495 e. The van der Waals surface area contributed by atoms with Gasteiger partial charge in [-0.2, -0.15) is 0 Å². The number of primary sulfonamides is 1. The lowest BCUT2D eigenvalue weighted by atomic mass is 10.3. The molecule has 0 saturated carbocycles. The van der Waals surface area contributed by atoms with Crippen LogP contribution in [0.3, 0.4) is 0 Å². The van der Waals surface area contributed by atoms with Crippen LogP contribution in [0.1, 0.15) is 0 Å². The summed E-state index contributed by atoms with van der Waals surface area (Å²) in [4.78, 5) is 10.8. The average Bonchev–Trinajstić information content (AvgIpc) is 2.27. The fraction of sp³-hybridized carbons (Fsp3) is 0.125. The highest BCUT2D eigenvalue weighted by Crippen LogP contribution is 2.30. The van der Waals surface area contributed by atoms with Gasteiger partial charge >= 0.3 is 6.03 Å². The second-order valence-corrected chi connectivity index (χ2v) is 4.61. The third kappa shape index (κ3) is 3.19. The highest BCUT2D eigenvalue weighted by molar-refractivity contribution is 7.89. The molecular formula is C8H9N3O4S2. The first-order valence-corrected chi connectivity index (χ1v) is 6.15. The Morgan fingerprint density at radius 1 is 1.53 bits per heavy atom. The van der Waals surface area contributed by atoms with Gasteiger partial charge in [0.25, 0.3) is 0 Å². The normalized spacial score (nSPS) is 10.7. The van der Waals surface area contributed by atoms with Crippen molar-refractivity contribution in [1.82, 2.24) is 0 Å². The van der Waals surface area contributed by atoms with Crippen LogP contribution in [0.4, 0.5) is 10.5 Å². The van der Waals surface area contributed by atoms with Gasteiger partial charge in [0.05, 0.1) is 7.11 Å². The molecule has 3 N–H and O–H groups in total. The van der Waals surface area contributed by atoms with Crippen molar-refractivity contribution in [2.75, 3.05) is 12.4 Å². The smallest absolute Gasteiger partial charge is 0.356 e. The van der Waals surface area contributed by atoms with Crippen LogP contribution in [0.15, 0.2) is 27.5 Å². The fourth-order valence-electron chi connectivity index (χ4n) is 1.17. The van der Waals surface area contributed by atoms with E-state index in [2.05, 4.69) is 22.1 Å². The van der Waals surface area contributed by atoms with Crippen LogP contribution in [0.25, 0.3) is 0 Å². The van der Waals surface area contributed by atoms with E-state index >= 15 is 0 Å². The molecule has 0 aliphatic heterocycles. The highest BCUT2D eigenvalue weighted by Gasteiger charge is 2.19. The molecule has 0 fully saturated rings. The monoisotopic (exact) mass is 275 g/mol. The molecule has 1 aromatic rings. The van der Waals surface area contributed by atoms with E-state index in [-0.39, 0.29) is 16.3 Å². The maximum atomic E-state index is 11.3. The summed E-state index contributed by atoms with van der Waals surface area (Å²) < 4.78 is 30.5. The van der Waals surface area contributed by atoms with E-state index in [0.717, 1.165) is 0 Å². The number of rotatable bonds is 3. The second-order valence-electron chi connectivity index (χ2n) is 2.90. The Hall–Kier alpha value is -1.58. The van der Waals surface area contributed by atoms with E-state index < -0.39 is 16.1 Å². The number of amides is 2. The maximum Gasteiger partial charge on any atom is 0.356 e. The summed E-state index contributed by atoms with van der Waals surface area (Å²) in [5, 5.41) is 7.20. The van der Waals surface area contributed by atoms with E-state index in [4.69, 9.17) is 9.88 Å². The van der Waals surface area contributed by atoms with Crippen LogP contribution in [0.2, 0.25) is 0 Å². The summed E-state index contributed by atoms with van der Waals surface area (Å²) in [7, 11) is -2.67. The van der Waals surface area contributed by atoms with Gasteiger partial charge < -0.3 is 10.1 Å².